The van der Waals surface area contributed by atoms with Gasteiger partial charge in [-0.2, -0.15) is 4.31 Å². The van der Waals surface area contributed by atoms with Crippen LogP contribution in [0.4, 0.5) is 10.1 Å². The van der Waals surface area contributed by atoms with Crippen LogP contribution in [0.15, 0.2) is 47.4 Å². The Balaban J connectivity index is 1.75. The van der Waals surface area contributed by atoms with Crippen molar-refractivity contribution in [1.29, 1.82) is 0 Å². The monoisotopic (exact) mass is 487 g/mol. The molecule has 0 radical (unpaired) electrons. The molecular formula is C25H30FN3O4S. The van der Waals surface area contributed by atoms with Crippen molar-refractivity contribution in [3.05, 3.63) is 59.4 Å². The Labute approximate surface area is 200 Å². The van der Waals surface area contributed by atoms with Gasteiger partial charge in [-0.1, -0.05) is 30.5 Å². The number of nitrogens with zero attached hydrogens (tertiary/aromatic N) is 2. The molecule has 7 nitrogen and oxygen atoms in total. The van der Waals surface area contributed by atoms with Crippen LogP contribution in [0.3, 0.4) is 0 Å². The number of piperazine rings is 1. The van der Waals surface area contributed by atoms with Gasteiger partial charge in [-0.15, -0.1) is 0 Å². The number of anilines is 1. The molecule has 9 heteroatoms. The first-order chi connectivity index (χ1) is 16.0. The largest absolute Gasteiger partial charge is 0.351 e. The molecule has 4 rings (SSSR count). The van der Waals surface area contributed by atoms with Crippen molar-refractivity contribution in [2.75, 3.05) is 18.0 Å². The van der Waals surface area contributed by atoms with E-state index >= 15 is 0 Å². The lowest BCUT2D eigenvalue weighted by Crippen LogP contribution is -2.70. The number of hydrogen-bond donors (Lipinski definition) is 1. The molecule has 34 heavy (non-hydrogen) atoms. The van der Waals surface area contributed by atoms with Crippen LogP contribution in [0.2, 0.25) is 0 Å². The number of amides is 2. The van der Waals surface area contributed by atoms with Gasteiger partial charge in [-0.3, -0.25) is 14.5 Å². The quantitative estimate of drug-likeness (QED) is 0.701. The number of carbonyl (C=O) groups excluding carboxylic acids is 2. The Hall–Kier alpha value is -2.78. The SMILES string of the molecule is Cc1ccc(S(=O)(=O)N2CC(=O)N(c3ccc(F)cc3C)C(C)(C(=O)NC3CCCC3)C2)cc1. The highest BCUT2D eigenvalue weighted by molar-refractivity contribution is 7.89. The Bertz CT molecular complexity index is 1210. The summed E-state index contributed by atoms with van der Waals surface area (Å²) in [6, 6.07) is 10.4. The number of hydrogen-bond acceptors (Lipinski definition) is 4. The van der Waals surface area contributed by atoms with Crippen molar-refractivity contribution in [3.8, 4) is 0 Å². The Morgan fingerprint density at radius 2 is 1.74 bits per heavy atom. The Morgan fingerprint density at radius 1 is 1.09 bits per heavy atom. The third-order valence-electron chi connectivity index (χ3n) is 6.78. The van der Waals surface area contributed by atoms with Gasteiger partial charge < -0.3 is 5.32 Å². The average Bonchev–Trinajstić information content (AvgIpc) is 3.28. The fourth-order valence-corrected chi connectivity index (χ4v) is 6.33. The van der Waals surface area contributed by atoms with Crippen molar-refractivity contribution in [1.82, 2.24) is 9.62 Å². The second kappa shape index (κ2) is 9.11. The van der Waals surface area contributed by atoms with Crippen molar-refractivity contribution >= 4 is 27.5 Å². The number of rotatable bonds is 5. The molecule has 1 aliphatic heterocycles. The number of benzene rings is 2. The van der Waals surface area contributed by atoms with Gasteiger partial charge >= 0.3 is 0 Å². The molecule has 1 heterocycles. The number of aryl methyl sites for hydroxylation is 2. The van der Waals surface area contributed by atoms with Crippen LogP contribution in [0.25, 0.3) is 0 Å². The van der Waals surface area contributed by atoms with Gasteiger partial charge in [0, 0.05) is 18.3 Å². The number of halogens is 1. The van der Waals surface area contributed by atoms with E-state index in [1.165, 1.54) is 35.2 Å². The minimum absolute atomic E-state index is 0.0142. The molecule has 182 valence electrons. The smallest absolute Gasteiger partial charge is 0.247 e. The number of carbonyl (C=O) groups is 2. The molecule has 1 saturated carbocycles. The zero-order valence-corrected chi connectivity index (χ0v) is 20.5. The van der Waals surface area contributed by atoms with Crippen LogP contribution >= 0.6 is 0 Å². The molecule has 1 saturated heterocycles. The van der Waals surface area contributed by atoms with Crippen LogP contribution in [0, 0.1) is 19.7 Å². The van der Waals surface area contributed by atoms with E-state index in [4.69, 9.17) is 0 Å². The fourth-order valence-electron chi connectivity index (χ4n) is 4.85. The van der Waals surface area contributed by atoms with Crippen molar-refractivity contribution < 1.29 is 22.4 Å². The lowest BCUT2D eigenvalue weighted by Gasteiger charge is -2.47. The summed E-state index contributed by atoms with van der Waals surface area (Å²) in [6.07, 6.45) is 3.71. The molecule has 2 aliphatic rings. The molecule has 2 aromatic rings. The first-order valence-corrected chi connectivity index (χ1v) is 12.9. The van der Waals surface area contributed by atoms with E-state index in [1.54, 1.807) is 26.0 Å². The molecule has 0 bridgehead atoms. The molecular weight excluding hydrogens is 457 g/mol. The normalized spacial score (nSPS) is 22.2. The predicted octanol–water partition coefficient (Wildman–Crippen LogP) is 3.30. The molecule has 2 fully saturated rings. The molecule has 1 unspecified atom stereocenters. The van der Waals surface area contributed by atoms with E-state index in [-0.39, 0.29) is 17.5 Å². The first-order valence-electron chi connectivity index (χ1n) is 11.5. The highest BCUT2D eigenvalue weighted by Gasteiger charge is 2.51. The maximum absolute atomic E-state index is 13.8. The summed E-state index contributed by atoms with van der Waals surface area (Å²) < 4.78 is 41.7. The van der Waals surface area contributed by atoms with Gasteiger partial charge in [0.1, 0.15) is 11.4 Å². The summed E-state index contributed by atoms with van der Waals surface area (Å²) in [7, 11) is -4.02. The third kappa shape index (κ3) is 4.46. The van der Waals surface area contributed by atoms with E-state index in [9.17, 15) is 22.4 Å². The highest BCUT2D eigenvalue weighted by atomic mass is 32.2. The second-order valence-electron chi connectivity index (χ2n) is 9.47. The maximum Gasteiger partial charge on any atom is 0.247 e. The van der Waals surface area contributed by atoms with Gasteiger partial charge in [-0.05, 0) is 69.5 Å². The molecule has 0 aromatic heterocycles. The minimum atomic E-state index is -4.02. The van der Waals surface area contributed by atoms with Crippen molar-refractivity contribution in [3.63, 3.8) is 0 Å². The van der Waals surface area contributed by atoms with E-state index in [0.29, 0.717) is 11.3 Å². The average molecular weight is 488 g/mol. The van der Waals surface area contributed by atoms with Gasteiger partial charge in [0.25, 0.3) is 0 Å². The Kier molecular flexibility index (Phi) is 6.52. The zero-order chi connectivity index (χ0) is 24.7. The molecule has 0 spiro atoms. The molecule has 1 aliphatic carbocycles. The highest BCUT2D eigenvalue weighted by Crippen LogP contribution is 2.35. The lowest BCUT2D eigenvalue weighted by molar-refractivity contribution is -0.133. The van der Waals surface area contributed by atoms with Crippen molar-refractivity contribution in [2.45, 2.75) is 62.9 Å². The van der Waals surface area contributed by atoms with Crippen molar-refractivity contribution in [2.24, 2.45) is 0 Å². The Morgan fingerprint density at radius 3 is 2.35 bits per heavy atom. The second-order valence-corrected chi connectivity index (χ2v) is 11.4. The van der Waals surface area contributed by atoms with Crippen LogP contribution < -0.4 is 10.2 Å². The van der Waals surface area contributed by atoms with Gasteiger partial charge in [-0.25, -0.2) is 12.8 Å². The van der Waals surface area contributed by atoms with Gasteiger partial charge in [0.05, 0.1) is 11.4 Å². The number of sulfonamides is 1. The maximum atomic E-state index is 13.8. The third-order valence-corrected chi connectivity index (χ3v) is 8.58. The van der Waals surface area contributed by atoms with E-state index in [1.807, 2.05) is 6.92 Å². The zero-order valence-electron chi connectivity index (χ0n) is 19.7. The predicted molar refractivity (Wildman–Crippen MR) is 127 cm³/mol. The lowest BCUT2D eigenvalue weighted by atomic mass is 9.93. The molecule has 2 amide bonds. The van der Waals surface area contributed by atoms with Gasteiger partial charge in [0.2, 0.25) is 21.8 Å². The minimum Gasteiger partial charge on any atom is -0.351 e. The summed E-state index contributed by atoms with van der Waals surface area (Å²) in [6.45, 7) is 4.46. The molecule has 1 N–H and O–H groups in total. The summed E-state index contributed by atoms with van der Waals surface area (Å²) >= 11 is 0. The summed E-state index contributed by atoms with van der Waals surface area (Å²) in [5.74, 6) is -1.41. The summed E-state index contributed by atoms with van der Waals surface area (Å²) in [5.41, 5.74) is 0.275. The van der Waals surface area contributed by atoms with E-state index in [0.717, 1.165) is 35.6 Å². The standard InChI is InChI=1S/C25H30FN3O4S/c1-17-8-11-21(12-9-17)34(32,33)28-15-23(30)29(22-13-10-19(26)14-18(22)2)25(3,16-28)24(31)27-20-6-4-5-7-20/h8-14,20H,4-7,15-16H2,1-3H3,(H,27,31). The molecule has 1 atom stereocenters. The fraction of sp³-hybridized carbons (Fsp3) is 0.440. The van der Waals surface area contributed by atoms with Crippen LogP contribution in [0.1, 0.15) is 43.7 Å². The van der Waals surface area contributed by atoms with Crippen LogP contribution in [-0.4, -0.2) is 49.2 Å². The number of nitrogens with one attached hydrogen (secondary N) is 1. The summed E-state index contributed by atoms with van der Waals surface area (Å²) in [5, 5.41) is 3.03. The topological polar surface area (TPSA) is 86.8 Å². The summed E-state index contributed by atoms with van der Waals surface area (Å²) in [4.78, 5) is 28.5. The van der Waals surface area contributed by atoms with E-state index in [2.05, 4.69) is 5.32 Å². The van der Waals surface area contributed by atoms with E-state index < -0.39 is 39.7 Å². The first kappa shape index (κ1) is 24.3. The van der Waals surface area contributed by atoms with Gasteiger partial charge in [0.15, 0.2) is 0 Å². The van der Waals surface area contributed by atoms with Crippen LogP contribution in [0.5, 0.6) is 0 Å². The molecule has 2 aromatic carbocycles. The van der Waals surface area contributed by atoms with Crippen LogP contribution in [-0.2, 0) is 19.6 Å².